The first-order valence-corrected chi connectivity index (χ1v) is 6.33. The maximum absolute atomic E-state index is 4.07. The third kappa shape index (κ3) is 6.48. The second-order valence-electron chi connectivity index (χ2n) is 6.50. The Morgan fingerprint density at radius 2 is 1.53 bits per heavy atom. The quantitative estimate of drug-likeness (QED) is 0.631. The summed E-state index contributed by atoms with van der Waals surface area (Å²) in [5.41, 5.74) is 1.52. The van der Waals surface area contributed by atoms with Crippen LogP contribution in [0.5, 0.6) is 0 Å². The second-order valence-corrected chi connectivity index (χ2v) is 6.50. The number of allylic oxidation sites excluding steroid dienone is 3. The Morgan fingerprint density at radius 1 is 1.06 bits per heavy atom. The van der Waals surface area contributed by atoms with Crippen LogP contribution in [-0.2, 0) is 0 Å². The molecule has 0 radical (unpaired) electrons. The van der Waals surface area contributed by atoms with E-state index < -0.39 is 0 Å². The molecule has 0 saturated carbocycles. The third-order valence-electron chi connectivity index (χ3n) is 2.74. The predicted octanol–water partition coefficient (Wildman–Crippen LogP) is 4.57. The fraction of sp³-hybridized carbons (Fsp3) is 0.625. The van der Waals surface area contributed by atoms with Crippen LogP contribution in [0, 0.1) is 0 Å². The SMILES string of the molecule is C=CC=CC(=C)CCN(C(C)(C)C)C(C)(C)C. The Balaban J connectivity index is 4.54. The van der Waals surface area contributed by atoms with Crippen LogP contribution in [0.4, 0.5) is 0 Å². The van der Waals surface area contributed by atoms with Gasteiger partial charge in [-0.15, -0.1) is 0 Å². The summed E-state index contributed by atoms with van der Waals surface area (Å²) >= 11 is 0. The normalized spacial score (nSPS) is 13.4. The molecule has 0 aromatic heterocycles. The lowest BCUT2D eigenvalue weighted by Crippen LogP contribution is -2.52. The van der Waals surface area contributed by atoms with Gasteiger partial charge in [-0.3, -0.25) is 4.90 Å². The summed E-state index contributed by atoms with van der Waals surface area (Å²) in [6, 6.07) is 0. The Hall–Kier alpha value is -0.820. The average molecular weight is 235 g/mol. The highest BCUT2D eigenvalue weighted by atomic mass is 15.2. The molecule has 0 aliphatic heterocycles. The van der Waals surface area contributed by atoms with E-state index >= 15 is 0 Å². The van der Waals surface area contributed by atoms with E-state index in [0.29, 0.717) is 0 Å². The maximum atomic E-state index is 4.07. The molecular weight excluding hydrogens is 206 g/mol. The summed E-state index contributed by atoms with van der Waals surface area (Å²) in [7, 11) is 0. The number of rotatable bonds is 5. The largest absolute Gasteiger partial charge is 0.293 e. The summed E-state index contributed by atoms with van der Waals surface area (Å²) in [6.07, 6.45) is 6.77. The van der Waals surface area contributed by atoms with Crippen molar-refractivity contribution in [2.75, 3.05) is 6.54 Å². The van der Waals surface area contributed by atoms with Crippen molar-refractivity contribution in [3.63, 3.8) is 0 Å². The van der Waals surface area contributed by atoms with Gasteiger partial charge in [0.05, 0.1) is 0 Å². The topological polar surface area (TPSA) is 3.24 Å². The van der Waals surface area contributed by atoms with Crippen LogP contribution in [0.1, 0.15) is 48.0 Å². The van der Waals surface area contributed by atoms with Crippen molar-refractivity contribution in [2.45, 2.75) is 59.0 Å². The van der Waals surface area contributed by atoms with Crippen molar-refractivity contribution in [1.29, 1.82) is 0 Å². The summed E-state index contributed by atoms with van der Waals surface area (Å²) in [6.45, 7) is 22.4. The molecular formula is C16H29N. The van der Waals surface area contributed by atoms with Crippen LogP contribution in [-0.4, -0.2) is 22.5 Å². The van der Waals surface area contributed by atoms with Gasteiger partial charge in [-0.05, 0) is 48.0 Å². The summed E-state index contributed by atoms with van der Waals surface area (Å²) in [5, 5.41) is 0. The van der Waals surface area contributed by atoms with E-state index in [1.165, 1.54) is 0 Å². The first-order valence-electron chi connectivity index (χ1n) is 6.33. The molecule has 0 aromatic rings. The molecule has 0 aliphatic carbocycles. The molecule has 0 heterocycles. The van der Waals surface area contributed by atoms with Crippen molar-refractivity contribution >= 4 is 0 Å². The standard InChI is InChI=1S/C16H29N/c1-9-10-11-14(2)12-13-17(15(3,4)5)16(6,7)8/h9-11H,1-2,12-13H2,3-8H3. The highest BCUT2D eigenvalue weighted by molar-refractivity contribution is 5.18. The number of hydrogen-bond donors (Lipinski definition) is 0. The van der Waals surface area contributed by atoms with E-state index in [9.17, 15) is 0 Å². The van der Waals surface area contributed by atoms with Crippen LogP contribution in [0.2, 0.25) is 0 Å². The van der Waals surface area contributed by atoms with Crippen molar-refractivity contribution in [1.82, 2.24) is 4.90 Å². The molecule has 0 rings (SSSR count). The minimum atomic E-state index is 0.181. The van der Waals surface area contributed by atoms with Crippen molar-refractivity contribution in [3.05, 3.63) is 37.0 Å². The molecule has 0 fully saturated rings. The second kappa shape index (κ2) is 6.20. The molecule has 0 atom stereocenters. The molecule has 0 aliphatic rings. The zero-order valence-electron chi connectivity index (χ0n) is 12.5. The van der Waals surface area contributed by atoms with Gasteiger partial charge >= 0.3 is 0 Å². The van der Waals surface area contributed by atoms with E-state index in [1.54, 1.807) is 6.08 Å². The van der Waals surface area contributed by atoms with Gasteiger partial charge in [-0.1, -0.05) is 37.0 Å². The zero-order chi connectivity index (χ0) is 13.7. The highest BCUT2D eigenvalue weighted by Gasteiger charge is 2.30. The molecule has 0 saturated heterocycles. The molecule has 0 spiro atoms. The maximum Gasteiger partial charge on any atom is 0.0130 e. The van der Waals surface area contributed by atoms with Crippen LogP contribution >= 0.6 is 0 Å². The van der Waals surface area contributed by atoms with E-state index in [0.717, 1.165) is 18.5 Å². The fourth-order valence-corrected chi connectivity index (χ4v) is 2.22. The van der Waals surface area contributed by atoms with Crippen molar-refractivity contribution < 1.29 is 0 Å². The van der Waals surface area contributed by atoms with Gasteiger partial charge in [0.15, 0.2) is 0 Å². The van der Waals surface area contributed by atoms with E-state index in [1.807, 2.05) is 12.2 Å². The van der Waals surface area contributed by atoms with Gasteiger partial charge in [0.1, 0.15) is 0 Å². The Kier molecular flexibility index (Phi) is 5.91. The van der Waals surface area contributed by atoms with E-state index in [-0.39, 0.29) is 11.1 Å². The Bertz CT molecular complexity index is 270. The number of hydrogen-bond acceptors (Lipinski definition) is 1. The molecule has 98 valence electrons. The third-order valence-corrected chi connectivity index (χ3v) is 2.74. The molecule has 17 heavy (non-hydrogen) atoms. The smallest absolute Gasteiger partial charge is 0.0130 e. The van der Waals surface area contributed by atoms with Gasteiger partial charge in [0.2, 0.25) is 0 Å². The van der Waals surface area contributed by atoms with Gasteiger partial charge in [0.25, 0.3) is 0 Å². The van der Waals surface area contributed by atoms with Crippen molar-refractivity contribution in [2.24, 2.45) is 0 Å². The molecule has 0 amide bonds. The zero-order valence-corrected chi connectivity index (χ0v) is 12.5. The average Bonchev–Trinajstić information content (AvgIpc) is 2.10. The number of nitrogens with zero attached hydrogens (tertiary/aromatic N) is 1. The molecule has 0 aromatic carbocycles. The molecule has 0 bridgehead atoms. The lowest BCUT2D eigenvalue weighted by Gasteiger charge is -2.45. The lowest BCUT2D eigenvalue weighted by atomic mass is 9.95. The summed E-state index contributed by atoms with van der Waals surface area (Å²) < 4.78 is 0. The monoisotopic (exact) mass is 235 g/mol. The van der Waals surface area contributed by atoms with Gasteiger partial charge in [-0.25, -0.2) is 0 Å². The van der Waals surface area contributed by atoms with Crippen molar-refractivity contribution in [3.8, 4) is 0 Å². The van der Waals surface area contributed by atoms with E-state index in [2.05, 4.69) is 59.6 Å². The molecule has 1 heteroatoms. The minimum Gasteiger partial charge on any atom is -0.293 e. The molecule has 0 N–H and O–H groups in total. The van der Waals surface area contributed by atoms with Gasteiger partial charge < -0.3 is 0 Å². The van der Waals surface area contributed by atoms with Crippen LogP contribution in [0.15, 0.2) is 37.0 Å². The predicted molar refractivity (Wildman–Crippen MR) is 79.3 cm³/mol. The van der Waals surface area contributed by atoms with Crippen LogP contribution in [0.3, 0.4) is 0 Å². The minimum absolute atomic E-state index is 0.181. The Labute approximate surface area is 108 Å². The first-order chi connectivity index (χ1) is 7.59. The summed E-state index contributed by atoms with van der Waals surface area (Å²) in [5.74, 6) is 0. The van der Waals surface area contributed by atoms with Gasteiger partial charge in [-0.2, -0.15) is 0 Å². The molecule has 0 unspecified atom stereocenters. The lowest BCUT2D eigenvalue weighted by molar-refractivity contribution is 0.0400. The first kappa shape index (κ1) is 16.2. The highest BCUT2D eigenvalue weighted by Crippen LogP contribution is 2.25. The van der Waals surface area contributed by atoms with Gasteiger partial charge in [0, 0.05) is 17.6 Å². The fourth-order valence-electron chi connectivity index (χ4n) is 2.22. The molecule has 1 nitrogen and oxygen atoms in total. The van der Waals surface area contributed by atoms with Crippen LogP contribution in [0.25, 0.3) is 0 Å². The van der Waals surface area contributed by atoms with E-state index in [4.69, 9.17) is 0 Å². The Morgan fingerprint density at radius 3 is 1.88 bits per heavy atom. The summed E-state index contributed by atoms with van der Waals surface area (Å²) in [4.78, 5) is 2.52. The van der Waals surface area contributed by atoms with Crippen LogP contribution < -0.4 is 0 Å².